The van der Waals surface area contributed by atoms with E-state index < -0.39 is 17.8 Å². The summed E-state index contributed by atoms with van der Waals surface area (Å²) in [6.45, 7) is 2.26. The number of aromatic nitrogens is 1. The average molecular weight is 499 g/mol. The summed E-state index contributed by atoms with van der Waals surface area (Å²) in [5.74, 6) is -0.950. The minimum atomic E-state index is -0.737. The molecule has 1 fully saturated rings. The van der Waals surface area contributed by atoms with Crippen LogP contribution in [0.3, 0.4) is 0 Å². The van der Waals surface area contributed by atoms with E-state index in [2.05, 4.69) is 15.6 Å². The molecule has 0 bridgehead atoms. The highest BCUT2D eigenvalue weighted by Crippen LogP contribution is 2.32. The molecule has 1 aliphatic heterocycles. The van der Waals surface area contributed by atoms with E-state index in [1.807, 2.05) is 13.0 Å². The van der Waals surface area contributed by atoms with Gasteiger partial charge in [0.25, 0.3) is 5.91 Å². The topological polar surface area (TPSA) is 120 Å². The number of hydrogen-bond donors (Lipinski definition) is 5. The van der Waals surface area contributed by atoms with E-state index in [1.54, 1.807) is 30.5 Å². The number of nitrogens with one attached hydrogen (secondary N) is 2. The zero-order valence-electron chi connectivity index (χ0n) is 19.3. The number of nitrogens with two attached hydrogens (primary N) is 1. The fourth-order valence-electron chi connectivity index (χ4n) is 4.32. The Morgan fingerprint density at radius 2 is 2.09 bits per heavy atom. The molecular formula is C26H28ClFN4O3. The van der Waals surface area contributed by atoms with E-state index >= 15 is 4.39 Å². The molecule has 0 unspecified atom stereocenters. The van der Waals surface area contributed by atoms with Crippen molar-refractivity contribution in [1.82, 2.24) is 15.6 Å². The Kier molecular flexibility index (Phi) is 7.66. The van der Waals surface area contributed by atoms with Crippen molar-refractivity contribution in [2.24, 2.45) is 0 Å². The van der Waals surface area contributed by atoms with E-state index in [9.17, 15) is 15.0 Å². The van der Waals surface area contributed by atoms with Crippen molar-refractivity contribution in [3.63, 3.8) is 0 Å². The van der Waals surface area contributed by atoms with Crippen LogP contribution in [0.25, 0.3) is 11.1 Å². The van der Waals surface area contributed by atoms with Crippen LogP contribution in [0.4, 0.5) is 10.2 Å². The molecule has 3 aromatic rings. The summed E-state index contributed by atoms with van der Waals surface area (Å²) in [5.41, 5.74) is 9.44. The van der Waals surface area contributed by atoms with Crippen LogP contribution in [0, 0.1) is 12.7 Å². The first-order chi connectivity index (χ1) is 16.8. The quantitative estimate of drug-likeness (QED) is 0.341. The van der Waals surface area contributed by atoms with E-state index in [0.717, 1.165) is 17.5 Å². The van der Waals surface area contributed by atoms with Crippen LogP contribution < -0.4 is 16.4 Å². The summed E-state index contributed by atoms with van der Waals surface area (Å²) in [7, 11) is 0. The number of benzene rings is 2. The zero-order valence-corrected chi connectivity index (χ0v) is 20.0. The highest BCUT2D eigenvalue weighted by Gasteiger charge is 2.26. The molecule has 9 heteroatoms. The number of aryl methyl sites for hydroxylation is 1. The van der Waals surface area contributed by atoms with Gasteiger partial charge in [0.2, 0.25) is 0 Å². The van der Waals surface area contributed by atoms with Crippen molar-refractivity contribution in [2.75, 3.05) is 25.5 Å². The van der Waals surface area contributed by atoms with Crippen LogP contribution in [0.5, 0.6) is 0 Å². The normalized spacial score (nSPS) is 18.4. The van der Waals surface area contributed by atoms with Crippen molar-refractivity contribution in [3.8, 4) is 11.1 Å². The molecule has 1 saturated heterocycles. The Labute approximate surface area is 208 Å². The van der Waals surface area contributed by atoms with Gasteiger partial charge < -0.3 is 26.6 Å². The molecule has 1 amide bonds. The van der Waals surface area contributed by atoms with Gasteiger partial charge in [-0.05, 0) is 65.8 Å². The lowest BCUT2D eigenvalue weighted by Crippen LogP contribution is -2.31. The number of carbonyl (C=O) groups excluding carboxylic acids is 1. The molecule has 6 N–H and O–H groups in total. The van der Waals surface area contributed by atoms with Crippen LogP contribution in [-0.2, 0) is 0 Å². The summed E-state index contributed by atoms with van der Waals surface area (Å²) in [6.07, 6.45) is 2.47. The number of halogens is 2. The first-order valence-electron chi connectivity index (χ1n) is 11.4. The Bertz CT molecular complexity index is 1240. The number of pyridine rings is 1. The number of rotatable bonds is 7. The molecule has 3 atom stereocenters. The number of aliphatic hydroxyl groups is 2. The first kappa shape index (κ1) is 25.1. The molecule has 0 radical (unpaired) electrons. The predicted octanol–water partition coefficient (Wildman–Crippen LogP) is 3.33. The third-order valence-electron chi connectivity index (χ3n) is 6.46. The molecular weight excluding hydrogens is 471 g/mol. The second kappa shape index (κ2) is 10.7. The van der Waals surface area contributed by atoms with Crippen molar-refractivity contribution in [1.29, 1.82) is 0 Å². The molecule has 1 aliphatic rings. The van der Waals surface area contributed by atoms with Gasteiger partial charge in [-0.1, -0.05) is 29.8 Å². The van der Waals surface area contributed by atoms with Gasteiger partial charge >= 0.3 is 0 Å². The van der Waals surface area contributed by atoms with Crippen molar-refractivity contribution < 1.29 is 19.4 Å². The number of amides is 1. The molecule has 184 valence electrons. The SMILES string of the molecule is Cc1ccc([C@@H](CO)NC(=O)c2ccc(-c3cc([C@@H]4CN[C@H](CO)C4)cnc3N)cc2F)cc1Cl. The van der Waals surface area contributed by atoms with E-state index in [1.165, 1.54) is 12.1 Å². The fourth-order valence-corrected chi connectivity index (χ4v) is 4.51. The highest BCUT2D eigenvalue weighted by atomic mass is 35.5. The number of nitrogen functional groups attached to an aromatic ring is 1. The summed E-state index contributed by atoms with van der Waals surface area (Å²) in [6, 6.07) is 10.7. The lowest BCUT2D eigenvalue weighted by Gasteiger charge is -2.18. The van der Waals surface area contributed by atoms with Gasteiger partial charge in [0.15, 0.2) is 0 Å². The van der Waals surface area contributed by atoms with Gasteiger partial charge in [-0.15, -0.1) is 0 Å². The van der Waals surface area contributed by atoms with Gasteiger partial charge in [0.1, 0.15) is 11.6 Å². The Morgan fingerprint density at radius 1 is 1.29 bits per heavy atom. The predicted molar refractivity (Wildman–Crippen MR) is 134 cm³/mol. The maximum absolute atomic E-state index is 15.0. The van der Waals surface area contributed by atoms with Crippen LogP contribution >= 0.6 is 11.6 Å². The first-order valence-corrected chi connectivity index (χ1v) is 11.8. The van der Waals surface area contributed by atoms with Crippen LogP contribution in [0.15, 0.2) is 48.7 Å². The van der Waals surface area contributed by atoms with Gasteiger partial charge in [-0.3, -0.25) is 4.79 Å². The third-order valence-corrected chi connectivity index (χ3v) is 6.87. The maximum Gasteiger partial charge on any atom is 0.254 e. The molecule has 0 aliphatic carbocycles. The van der Waals surface area contributed by atoms with Crippen LogP contribution in [-0.4, -0.2) is 46.9 Å². The molecule has 2 heterocycles. The Hall–Kier alpha value is -3.04. The number of aliphatic hydroxyl groups excluding tert-OH is 2. The molecule has 2 aromatic carbocycles. The lowest BCUT2D eigenvalue weighted by atomic mass is 9.94. The summed E-state index contributed by atoms with van der Waals surface area (Å²) in [4.78, 5) is 17.1. The minimum Gasteiger partial charge on any atom is -0.395 e. The van der Waals surface area contributed by atoms with Crippen molar-refractivity contribution >= 4 is 23.3 Å². The van der Waals surface area contributed by atoms with Crippen LogP contribution in [0.1, 0.15) is 45.4 Å². The largest absolute Gasteiger partial charge is 0.395 e. The van der Waals surface area contributed by atoms with Gasteiger partial charge in [-0.2, -0.15) is 0 Å². The Balaban J connectivity index is 1.55. The summed E-state index contributed by atoms with van der Waals surface area (Å²) >= 11 is 6.16. The minimum absolute atomic E-state index is 0.0370. The van der Waals surface area contributed by atoms with Crippen LogP contribution in [0.2, 0.25) is 5.02 Å². The van der Waals surface area contributed by atoms with Gasteiger partial charge in [-0.25, -0.2) is 9.37 Å². The monoisotopic (exact) mass is 498 g/mol. The summed E-state index contributed by atoms with van der Waals surface area (Å²) in [5, 5.41) is 25.6. The van der Waals surface area contributed by atoms with Gasteiger partial charge in [0.05, 0.1) is 24.8 Å². The lowest BCUT2D eigenvalue weighted by molar-refractivity contribution is 0.0912. The molecule has 35 heavy (non-hydrogen) atoms. The van der Waals surface area contributed by atoms with E-state index in [0.29, 0.717) is 28.3 Å². The molecule has 7 nitrogen and oxygen atoms in total. The number of nitrogens with zero attached hydrogens (tertiary/aromatic N) is 1. The molecule has 0 saturated carbocycles. The van der Waals surface area contributed by atoms with E-state index in [-0.39, 0.29) is 36.6 Å². The van der Waals surface area contributed by atoms with Crippen molar-refractivity contribution in [3.05, 3.63) is 81.8 Å². The number of hydrogen-bond acceptors (Lipinski definition) is 6. The number of carbonyl (C=O) groups is 1. The maximum atomic E-state index is 15.0. The third kappa shape index (κ3) is 5.46. The fraction of sp³-hybridized carbons (Fsp3) is 0.308. The average Bonchev–Trinajstić information content (AvgIpc) is 3.34. The zero-order chi connectivity index (χ0) is 25.1. The summed E-state index contributed by atoms with van der Waals surface area (Å²) < 4.78 is 15.0. The van der Waals surface area contributed by atoms with Crippen molar-refractivity contribution in [2.45, 2.75) is 31.3 Å². The van der Waals surface area contributed by atoms with Gasteiger partial charge in [0, 0.05) is 29.4 Å². The molecule has 4 rings (SSSR count). The van der Waals surface area contributed by atoms with E-state index in [4.69, 9.17) is 17.3 Å². The highest BCUT2D eigenvalue weighted by molar-refractivity contribution is 6.31. The smallest absolute Gasteiger partial charge is 0.254 e. The standard InChI is InChI=1S/C26H28ClFN4O3/c1-14-2-3-16(8-22(14)27)24(13-34)32-26(35)20-5-4-15(9-23(20)28)21-7-18(11-31-25(21)29)17-6-19(12-33)30-10-17/h2-5,7-9,11,17,19,24,30,33-34H,6,10,12-13H2,1H3,(H2,29,31)(H,32,35)/t17-,19-,24+/m0/s1. The Morgan fingerprint density at radius 3 is 2.74 bits per heavy atom. The molecule has 0 spiro atoms. The second-order valence-electron chi connectivity index (χ2n) is 8.83. The molecule has 1 aromatic heterocycles. The number of anilines is 1. The second-order valence-corrected chi connectivity index (χ2v) is 9.24.